The SMILES string of the molecule is CC(C)(C)[Si](C)(C)O[C@H]1CC(=O)[C@@H]2C(c3ccc(I)cc3)=NO[C@@H]21. The van der Waals surface area contributed by atoms with Gasteiger partial charge in [-0.05, 0) is 52.9 Å². The molecule has 1 heterocycles. The third-order valence-electron chi connectivity index (χ3n) is 5.40. The first-order valence-corrected chi connectivity index (χ1v) is 12.3. The van der Waals surface area contributed by atoms with Crippen LogP contribution in [0.4, 0.5) is 0 Å². The van der Waals surface area contributed by atoms with Crippen molar-refractivity contribution in [3.05, 3.63) is 33.4 Å². The molecule has 0 bridgehead atoms. The molecule has 1 aliphatic heterocycles. The number of Topliss-reactive ketones (excluding diaryl/α,β-unsaturated/α-hetero) is 1. The summed E-state index contributed by atoms with van der Waals surface area (Å²) in [6.07, 6.45) is -0.0417. The van der Waals surface area contributed by atoms with Gasteiger partial charge in [0, 0.05) is 15.6 Å². The summed E-state index contributed by atoms with van der Waals surface area (Å²) in [5.41, 5.74) is 1.71. The van der Waals surface area contributed by atoms with Gasteiger partial charge < -0.3 is 9.26 Å². The van der Waals surface area contributed by atoms with E-state index in [1.54, 1.807) is 0 Å². The van der Waals surface area contributed by atoms with Crippen molar-refractivity contribution in [2.45, 2.75) is 57.5 Å². The third kappa shape index (κ3) is 3.20. The average molecular weight is 457 g/mol. The molecule has 0 aromatic heterocycles. The average Bonchev–Trinajstić information content (AvgIpc) is 3.01. The summed E-state index contributed by atoms with van der Waals surface area (Å²) in [5, 5.41) is 4.35. The predicted octanol–water partition coefficient (Wildman–Crippen LogP) is 4.37. The molecule has 2 aliphatic rings. The molecule has 0 amide bonds. The number of hydrogen-bond acceptors (Lipinski definition) is 4. The highest BCUT2D eigenvalue weighted by Crippen LogP contribution is 2.42. The van der Waals surface area contributed by atoms with Crippen molar-refractivity contribution < 1.29 is 14.1 Å². The number of carbonyl (C=O) groups is 1. The first kappa shape index (κ1) is 18.1. The topological polar surface area (TPSA) is 47.9 Å². The minimum Gasteiger partial charge on any atom is -0.410 e. The van der Waals surface area contributed by atoms with Gasteiger partial charge in [0.1, 0.15) is 17.4 Å². The maximum absolute atomic E-state index is 12.6. The molecule has 1 saturated carbocycles. The summed E-state index contributed by atoms with van der Waals surface area (Å²) in [6.45, 7) is 11.0. The van der Waals surface area contributed by atoms with Gasteiger partial charge in [-0.25, -0.2) is 0 Å². The van der Waals surface area contributed by atoms with Crippen LogP contribution >= 0.6 is 22.6 Å². The van der Waals surface area contributed by atoms with Crippen molar-refractivity contribution in [2.24, 2.45) is 11.1 Å². The van der Waals surface area contributed by atoms with Crippen LogP contribution in [0, 0.1) is 9.49 Å². The van der Waals surface area contributed by atoms with Crippen LogP contribution in [0.5, 0.6) is 0 Å². The zero-order valence-electron chi connectivity index (χ0n) is 14.8. The summed E-state index contributed by atoms with van der Waals surface area (Å²) in [7, 11) is -1.95. The Balaban J connectivity index is 1.80. The quantitative estimate of drug-likeness (QED) is 0.500. The van der Waals surface area contributed by atoms with Crippen LogP contribution in [0.2, 0.25) is 18.1 Å². The number of carbonyl (C=O) groups excluding carboxylic acids is 1. The Morgan fingerprint density at radius 3 is 2.46 bits per heavy atom. The van der Waals surface area contributed by atoms with Crippen molar-refractivity contribution in [3.8, 4) is 0 Å². The Morgan fingerprint density at radius 2 is 1.88 bits per heavy atom. The van der Waals surface area contributed by atoms with E-state index in [9.17, 15) is 4.79 Å². The molecular weight excluding hydrogens is 433 g/mol. The summed E-state index contributed by atoms with van der Waals surface area (Å²) in [6, 6.07) is 8.05. The van der Waals surface area contributed by atoms with E-state index in [0.29, 0.717) is 6.42 Å². The highest BCUT2D eigenvalue weighted by molar-refractivity contribution is 14.1. The molecule has 24 heavy (non-hydrogen) atoms. The molecule has 1 aromatic carbocycles. The Bertz CT molecular complexity index is 678. The van der Waals surface area contributed by atoms with Crippen LogP contribution < -0.4 is 0 Å². The monoisotopic (exact) mass is 457 g/mol. The van der Waals surface area contributed by atoms with Gasteiger partial charge in [-0.2, -0.15) is 0 Å². The number of fused-ring (bicyclic) bond motifs is 1. The molecule has 0 spiro atoms. The fraction of sp³-hybridized carbons (Fsp3) is 0.556. The highest BCUT2D eigenvalue weighted by Gasteiger charge is 2.54. The molecular formula is C18H24INO3Si. The van der Waals surface area contributed by atoms with Crippen LogP contribution in [0.1, 0.15) is 32.8 Å². The lowest BCUT2D eigenvalue weighted by molar-refractivity contribution is -0.119. The molecule has 3 atom stereocenters. The summed E-state index contributed by atoms with van der Waals surface area (Å²) >= 11 is 2.27. The number of halogens is 1. The predicted molar refractivity (Wildman–Crippen MR) is 106 cm³/mol. The Morgan fingerprint density at radius 1 is 1.25 bits per heavy atom. The lowest BCUT2D eigenvalue weighted by atomic mass is 9.93. The van der Waals surface area contributed by atoms with Gasteiger partial charge in [-0.15, -0.1) is 0 Å². The van der Waals surface area contributed by atoms with Gasteiger partial charge in [0.05, 0.1) is 6.10 Å². The number of hydrogen-bond donors (Lipinski definition) is 0. The number of ketones is 1. The van der Waals surface area contributed by atoms with Crippen LogP contribution in [-0.4, -0.2) is 32.0 Å². The Hall–Kier alpha value is -0.733. The molecule has 0 unspecified atom stereocenters. The number of nitrogens with zero attached hydrogens (tertiary/aromatic N) is 1. The van der Waals surface area contributed by atoms with Crippen molar-refractivity contribution in [2.75, 3.05) is 0 Å². The maximum atomic E-state index is 12.6. The molecule has 6 heteroatoms. The van der Waals surface area contributed by atoms with E-state index in [1.807, 2.05) is 24.3 Å². The lowest BCUT2D eigenvalue weighted by Gasteiger charge is -2.39. The van der Waals surface area contributed by atoms with Crippen LogP contribution in [0.25, 0.3) is 0 Å². The van der Waals surface area contributed by atoms with Gasteiger partial charge in [0.25, 0.3) is 0 Å². The second kappa shape index (κ2) is 6.21. The van der Waals surface area contributed by atoms with Crippen molar-refractivity contribution in [1.82, 2.24) is 0 Å². The second-order valence-electron chi connectivity index (χ2n) is 8.12. The van der Waals surface area contributed by atoms with Gasteiger partial charge in [-0.1, -0.05) is 38.1 Å². The normalized spacial score (nSPS) is 27.0. The Labute approximate surface area is 158 Å². The fourth-order valence-corrected chi connectivity index (χ4v) is 4.65. The van der Waals surface area contributed by atoms with Gasteiger partial charge in [0.2, 0.25) is 0 Å². The standard InChI is InChI=1S/C18H24INO3Si/c1-18(2,3)24(4,5)23-14-10-13(21)15-16(20-22-17(14)15)11-6-8-12(19)9-7-11/h6-9,14-15,17H,10H2,1-5H3/t14-,15+,17+/m0/s1. The molecule has 4 nitrogen and oxygen atoms in total. The van der Waals surface area contributed by atoms with E-state index in [0.717, 1.165) is 14.8 Å². The van der Waals surface area contributed by atoms with Gasteiger partial charge in [-0.3, -0.25) is 4.79 Å². The first-order valence-electron chi connectivity index (χ1n) is 8.30. The molecule has 0 N–H and O–H groups in total. The summed E-state index contributed by atoms with van der Waals surface area (Å²) in [4.78, 5) is 18.3. The molecule has 3 rings (SSSR count). The first-order chi connectivity index (χ1) is 11.1. The fourth-order valence-electron chi connectivity index (χ4n) is 2.97. The maximum Gasteiger partial charge on any atom is 0.192 e. The van der Waals surface area contributed by atoms with Gasteiger partial charge >= 0.3 is 0 Å². The van der Waals surface area contributed by atoms with Gasteiger partial charge in [0.15, 0.2) is 14.4 Å². The van der Waals surface area contributed by atoms with E-state index in [2.05, 4.69) is 61.6 Å². The molecule has 0 saturated heterocycles. The minimum absolute atomic E-state index is 0.104. The zero-order valence-corrected chi connectivity index (χ0v) is 18.0. The molecule has 1 aliphatic carbocycles. The number of benzene rings is 1. The smallest absolute Gasteiger partial charge is 0.192 e. The lowest BCUT2D eigenvalue weighted by Crippen LogP contribution is -2.46. The molecule has 1 fully saturated rings. The number of oxime groups is 1. The number of rotatable bonds is 3. The van der Waals surface area contributed by atoms with Crippen molar-refractivity contribution >= 4 is 42.4 Å². The zero-order chi connectivity index (χ0) is 17.7. The van der Waals surface area contributed by atoms with Crippen molar-refractivity contribution in [3.63, 3.8) is 0 Å². The molecule has 1 aromatic rings. The molecule has 130 valence electrons. The van der Waals surface area contributed by atoms with E-state index in [4.69, 9.17) is 9.26 Å². The Kier molecular flexibility index (Phi) is 4.68. The largest absolute Gasteiger partial charge is 0.410 e. The van der Waals surface area contributed by atoms with E-state index in [-0.39, 0.29) is 28.9 Å². The van der Waals surface area contributed by atoms with E-state index < -0.39 is 8.32 Å². The van der Waals surface area contributed by atoms with E-state index in [1.165, 1.54) is 0 Å². The third-order valence-corrected chi connectivity index (χ3v) is 10.6. The summed E-state index contributed by atoms with van der Waals surface area (Å²) < 4.78 is 7.63. The highest BCUT2D eigenvalue weighted by atomic mass is 127. The van der Waals surface area contributed by atoms with Crippen LogP contribution in [-0.2, 0) is 14.1 Å². The van der Waals surface area contributed by atoms with Crippen LogP contribution in [0.15, 0.2) is 29.4 Å². The van der Waals surface area contributed by atoms with Crippen molar-refractivity contribution in [1.29, 1.82) is 0 Å². The van der Waals surface area contributed by atoms with Crippen LogP contribution in [0.3, 0.4) is 0 Å². The molecule has 0 radical (unpaired) electrons. The minimum atomic E-state index is -1.95. The second-order valence-corrected chi connectivity index (χ2v) is 14.1. The van der Waals surface area contributed by atoms with E-state index >= 15 is 0 Å². The summed E-state index contributed by atoms with van der Waals surface area (Å²) in [5.74, 6) is -0.113.